The van der Waals surface area contributed by atoms with Gasteiger partial charge >= 0.3 is 6.36 Å². The van der Waals surface area contributed by atoms with Crippen molar-refractivity contribution in [3.63, 3.8) is 0 Å². The molecule has 0 aliphatic rings. The van der Waals surface area contributed by atoms with Crippen molar-refractivity contribution >= 4 is 27.5 Å². The lowest BCUT2D eigenvalue weighted by molar-refractivity contribution is -0.274. The first-order valence-electron chi connectivity index (χ1n) is 6.18. The Morgan fingerprint density at radius 1 is 1.09 bits per heavy atom. The Kier molecular flexibility index (Phi) is 4.75. The van der Waals surface area contributed by atoms with Crippen LogP contribution in [0.5, 0.6) is 5.75 Å². The summed E-state index contributed by atoms with van der Waals surface area (Å²) in [4.78, 5) is 10.9. The highest BCUT2D eigenvalue weighted by Crippen LogP contribution is 2.34. The Morgan fingerprint density at radius 2 is 1.68 bits per heavy atom. The summed E-state index contributed by atoms with van der Waals surface area (Å²) in [6, 6.07) is 11.2. The first kappa shape index (κ1) is 16.4. The molecule has 3 nitrogen and oxygen atoms in total. The Hall–Kier alpha value is -2.02. The molecule has 0 radical (unpaired) electrons. The molecule has 0 bridgehead atoms. The van der Waals surface area contributed by atoms with Crippen LogP contribution in [0, 0.1) is 0 Å². The molecule has 0 atom stereocenters. The summed E-state index contributed by atoms with van der Waals surface area (Å²) in [6.45, 7) is 1.39. The van der Waals surface area contributed by atoms with E-state index in [1.165, 1.54) is 19.1 Å². The molecule has 7 heteroatoms. The van der Waals surface area contributed by atoms with E-state index >= 15 is 0 Å². The molecule has 1 amide bonds. The fraction of sp³-hybridized carbons (Fsp3) is 0.133. The number of ether oxygens (including phenoxy) is 1. The van der Waals surface area contributed by atoms with Gasteiger partial charge < -0.3 is 10.1 Å². The number of amides is 1. The Labute approximate surface area is 133 Å². The molecule has 0 spiro atoms. The predicted octanol–water partition coefficient (Wildman–Crippen LogP) is 4.97. The fourth-order valence-electron chi connectivity index (χ4n) is 1.84. The fourth-order valence-corrected chi connectivity index (χ4v) is 2.16. The molecule has 0 unspecified atom stereocenters. The van der Waals surface area contributed by atoms with Crippen LogP contribution in [0.3, 0.4) is 0 Å². The van der Waals surface area contributed by atoms with Crippen LogP contribution in [0.25, 0.3) is 11.1 Å². The highest BCUT2D eigenvalue weighted by Gasteiger charge is 2.32. The number of nitrogens with one attached hydrogen (secondary N) is 1. The van der Waals surface area contributed by atoms with E-state index in [-0.39, 0.29) is 16.1 Å². The van der Waals surface area contributed by atoms with Gasteiger partial charge in [0.15, 0.2) is 0 Å². The molecule has 0 aromatic heterocycles. The number of hydrogen-bond acceptors (Lipinski definition) is 2. The number of alkyl halides is 3. The molecule has 0 aliphatic carbocycles. The van der Waals surface area contributed by atoms with Crippen molar-refractivity contribution in [2.45, 2.75) is 13.3 Å². The van der Waals surface area contributed by atoms with Crippen LogP contribution in [0.4, 0.5) is 18.9 Å². The van der Waals surface area contributed by atoms with Gasteiger partial charge in [-0.15, -0.1) is 13.2 Å². The molecule has 22 heavy (non-hydrogen) atoms. The van der Waals surface area contributed by atoms with E-state index in [9.17, 15) is 18.0 Å². The number of anilines is 1. The molecule has 0 heterocycles. The van der Waals surface area contributed by atoms with Crippen molar-refractivity contribution < 1.29 is 22.7 Å². The van der Waals surface area contributed by atoms with E-state index in [2.05, 4.69) is 26.0 Å². The minimum Gasteiger partial charge on any atom is -0.405 e. The van der Waals surface area contributed by atoms with E-state index in [0.717, 1.165) is 0 Å². The lowest BCUT2D eigenvalue weighted by Gasteiger charge is -2.12. The SMILES string of the molecule is CC(=O)Nc1ccc(-c2ccc(Br)c(OC(F)(F)F)c2)cc1. The number of hydrogen-bond donors (Lipinski definition) is 1. The van der Waals surface area contributed by atoms with E-state index < -0.39 is 6.36 Å². The van der Waals surface area contributed by atoms with Gasteiger partial charge in [-0.3, -0.25) is 4.79 Å². The van der Waals surface area contributed by atoms with Gasteiger partial charge in [-0.1, -0.05) is 18.2 Å². The van der Waals surface area contributed by atoms with Gasteiger partial charge in [0, 0.05) is 12.6 Å². The molecule has 2 aromatic carbocycles. The highest BCUT2D eigenvalue weighted by molar-refractivity contribution is 9.10. The molecule has 0 saturated heterocycles. The van der Waals surface area contributed by atoms with E-state index in [4.69, 9.17) is 0 Å². The van der Waals surface area contributed by atoms with Crippen molar-refractivity contribution in [1.82, 2.24) is 0 Å². The molecule has 0 fully saturated rings. The third kappa shape index (κ3) is 4.49. The minimum absolute atomic E-state index is 0.197. The van der Waals surface area contributed by atoms with E-state index in [1.54, 1.807) is 30.3 Å². The summed E-state index contributed by atoms with van der Waals surface area (Å²) >= 11 is 3.02. The molecular formula is C15H11BrF3NO2. The van der Waals surface area contributed by atoms with Crippen LogP contribution in [0.2, 0.25) is 0 Å². The molecule has 0 aliphatic heterocycles. The summed E-state index contributed by atoms with van der Waals surface area (Å²) in [6.07, 6.45) is -4.75. The molecule has 0 saturated carbocycles. The summed E-state index contributed by atoms with van der Waals surface area (Å²) in [5, 5.41) is 2.62. The Balaban J connectivity index is 2.29. The zero-order valence-corrected chi connectivity index (χ0v) is 13.0. The average molecular weight is 374 g/mol. The van der Waals surface area contributed by atoms with Gasteiger partial charge in [-0.25, -0.2) is 0 Å². The maximum absolute atomic E-state index is 12.3. The Bertz CT molecular complexity index is 684. The quantitative estimate of drug-likeness (QED) is 0.824. The minimum atomic E-state index is -4.75. The second-order valence-corrected chi connectivity index (χ2v) is 5.31. The summed E-state index contributed by atoms with van der Waals surface area (Å²) in [5.74, 6) is -0.506. The maximum Gasteiger partial charge on any atom is 0.573 e. The predicted molar refractivity (Wildman–Crippen MR) is 80.6 cm³/mol. The molecule has 2 aromatic rings. The van der Waals surface area contributed by atoms with Crippen LogP contribution < -0.4 is 10.1 Å². The lowest BCUT2D eigenvalue weighted by atomic mass is 10.1. The van der Waals surface area contributed by atoms with Gasteiger partial charge in [-0.05, 0) is 51.3 Å². The number of carbonyl (C=O) groups excluding carboxylic acids is 1. The summed E-state index contributed by atoms with van der Waals surface area (Å²) in [7, 11) is 0. The van der Waals surface area contributed by atoms with Crippen molar-refractivity contribution in [1.29, 1.82) is 0 Å². The third-order valence-corrected chi connectivity index (χ3v) is 3.35. The van der Waals surface area contributed by atoms with Crippen LogP contribution in [0.15, 0.2) is 46.9 Å². The number of carbonyl (C=O) groups is 1. The molecular weight excluding hydrogens is 363 g/mol. The zero-order chi connectivity index (χ0) is 16.3. The summed E-state index contributed by atoms with van der Waals surface area (Å²) < 4.78 is 41.2. The molecule has 116 valence electrons. The van der Waals surface area contributed by atoms with Crippen molar-refractivity contribution in [2.24, 2.45) is 0 Å². The second-order valence-electron chi connectivity index (χ2n) is 4.45. The zero-order valence-electron chi connectivity index (χ0n) is 11.4. The largest absolute Gasteiger partial charge is 0.573 e. The number of benzene rings is 2. The van der Waals surface area contributed by atoms with Crippen LogP contribution in [-0.4, -0.2) is 12.3 Å². The Morgan fingerprint density at radius 3 is 2.23 bits per heavy atom. The maximum atomic E-state index is 12.3. The first-order valence-corrected chi connectivity index (χ1v) is 6.97. The normalized spacial score (nSPS) is 11.1. The van der Waals surface area contributed by atoms with Crippen LogP contribution >= 0.6 is 15.9 Å². The molecule has 1 N–H and O–H groups in total. The van der Waals surface area contributed by atoms with Crippen molar-refractivity contribution in [2.75, 3.05) is 5.32 Å². The standard InChI is InChI=1S/C15H11BrF3NO2/c1-9(21)20-12-5-2-10(3-6-12)11-4-7-13(16)14(8-11)22-15(17,18)19/h2-8H,1H3,(H,20,21). The average Bonchev–Trinajstić information content (AvgIpc) is 2.40. The molecule has 2 rings (SSSR count). The topological polar surface area (TPSA) is 38.3 Å². The van der Waals surface area contributed by atoms with Crippen molar-refractivity contribution in [3.8, 4) is 16.9 Å². The summed E-state index contributed by atoms with van der Waals surface area (Å²) in [5.41, 5.74) is 1.88. The van der Waals surface area contributed by atoms with Gasteiger partial charge in [0.25, 0.3) is 0 Å². The number of halogens is 4. The van der Waals surface area contributed by atoms with Gasteiger partial charge in [0.1, 0.15) is 5.75 Å². The highest BCUT2D eigenvalue weighted by atomic mass is 79.9. The smallest absolute Gasteiger partial charge is 0.405 e. The van der Waals surface area contributed by atoms with Crippen LogP contribution in [0.1, 0.15) is 6.92 Å². The first-order chi connectivity index (χ1) is 10.2. The van der Waals surface area contributed by atoms with Crippen LogP contribution in [-0.2, 0) is 4.79 Å². The monoisotopic (exact) mass is 373 g/mol. The third-order valence-electron chi connectivity index (χ3n) is 2.70. The lowest BCUT2D eigenvalue weighted by Crippen LogP contribution is -2.17. The van der Waals surface area contributed by atoms with Gasteiger partial charge in [0.2, 0.25) is 5.91 Å². The van der Waals surface area contributed by atoms with E-state index in [1.807, 2.05) is 0 Å². The van der Waals surface area contributed by atoms with Gasteiger partial charge in [0.05, 0.1) is 4.47 Å². The van der Waals surface area contributed by atoms with E-state index in [0.29, 0.717) is 16.8 Å². The van der Waals surface area contributed by atoms with Gasteiger partial charge in [-0.2, -0.15) is 0 Å². The second kappa shape index (κ2) is 6.39. The number of rotatable bonds is 3. The van der Waals surface area contributed by atoms with Crippen molar-refractivity contribution in [3.05, 3.63) is 46.9 Å².